The number of nitrogens with two attached hydrogens (primary N) is 1. The number of hydrogen-bond acceptors (Lipinski definition) is 2. The molecule has 0 aliphatic heterocycles. The first-order valence-corrected chi connectivity index (χ1v) is 7.82. The number of carbonyl (C=O) groups excluding carboxylic acids is 1. The van der Waals surface area contributed by atoms with Gasteiger partial charge in [0, 0.05) is 18.8 Å². The molecule has 1 aromatic carbocycles. The highest BCUT2D eigenvalue weighted by Crippen LogP contribution is 2.37. The van der Waals surface area contributed by atoms with Gasteiger partial charge in [0.15, 0.2) is 0 Å². The van der Waals surface area contributed by atoms with E-state index in [1.54, 1.807) is 0 Å². The zero-order valence-electron chi connectivity index (χ0n) is 13.1. The van der Waals surface area contributed by atoms with Crippen LogP contribution in [-0.2, 0) is 6.54 Å². The van der Waals surface area contributed by atoms with E-state index in [4.69, 9.17) is 5.73 Å². The van der Waals surface area contributed by atoms with Crippen molar-refractivity contribution in [1.82, 2.24) is 5.32 Å². The van der Waals surface area contributed by atoms with Crippen molar-refractivity contribution in [3.8, 4) is 0 Å². The molecule has 4 heteroatoms. The molecule has 116 valence electrons. The summed E-state index contributed by atoms with van der Waals surface area (Å²) in [5.74, 6) is 0.614. The standard InChI is InChI=1S/C17H27N3O/c1-17(2)9-7-14(8-10-17)12-19-16(21)20-15-5-3-13(11-18)4-6-15/h3-6,14H,7-12,18H2,1-2H3,(H2,19,20,21). The summed E-state index contributed by atoms with van der Waals surface area (Å²) >= 11 is 0. The fourth-order valence-corrected chi connectivity index (χ4v) is 2.80. The van der Waals surface area contributed by atoms with Crippen LogP contribution in [0.25, 0.3) is 0 Å². The van der Waals surface area contributed by atoms with Crippen molar-refractivity contribution in [3.63, 3.8) is 0 Å². The molecule has 1 saturated carbocycles. The minimum atomic E-state index is -0.125. The number of benzene rings is 1. The molecule has 4 nitrogen and oxygen atoms in total. The molecule has 1 aliphatic rings. The van der Waals surface area contributed by atoms with Gasteiger partial charge in [0.2, 0.25) is 0 Å². The van der Waals surface area contributed by atoms with Crippen LogP contribution < -0.4 is 16.4 Å². The summed E-state index contributed by atoms with van der Waals surface area (Å²) in [6, 6.07) is 7.49. The number of amides is 2. The highest BCUT2D eigenvalue weighted by atomic mass is 16.2. The van der Waals surface area contributed by atoms with Gasteiger partial charge in [-0.25, -0.2) is 4.79 Å². The molecule has 0 atom stereocenters. The van der Waals surface area contributed by atoms with Crippen molar-refractivity contribution < 1.29 is 4.79 Å². The molecule has 0 unspecified atom stereocenters. The van der Waals surface area contributed by atoms with Crippen molar-refractivity contribution in [2.24, 2.45) is 17.1 Å². The van der Waals surface area contributed by atoms with Gasteiger partial charge in [0.05, 0.1) is 0 Å². The summed E-state index contributed by atoms with van der Waals surface area (Å²) < 4.78 is 0. The molecule has 2 amide bonds. The van der Waals surface area contributed by atoms with E-state index in [9.17, 15) is 4.79 Å². The molecule has 0 bridgehead atoms. The van der Waals surface area contributed by atoms with Gasteiger partial charge in [-0.1, -0.05) is 26.0 Å². The highest BCUT2D eigenvalue weighted by molar-refractivity contribution is 5.89. The molecule has 0 saturated heterocycles. The minimum Gasteiger partial charge on any atom is -0.338 e. The van der Waals surface area contributed by atoms with E-state index in [1.165, 1.54) is 25.7 Å². The van der Waals surface area contributed by atoms with Gasteiger partial charge in [-0.2, -0.15) is 0 Å². The quantitative estimate of drug-likeness (QED) is 0.794. The van der Waals surface area contributed by atoms with Crippen LogP contribution in [0, 0.1) is 11.3 Å². The van der Waals surface area contributed by atoms with Crippen LogP contribution in [0.15, 0.2) is 24.3 Å². The summed E-state index contributed by atoms with van der Waals surface area (Å²) in [4.78, 5) is 11.9. The molecule has 21 heavy (non-hydrogen) atoms. The number of nitrogens with one attached hydrogen (secondary N) is 2. The van der Waals surface area contributed by atoms with Crippen molar-refractivity contribution in [2.45, 2.75) is 46.1 Å². The van der Waals surface area contributed by atoms with Crippen LogP contribution in [0.5, 0.6) is 0 Å². The first-order chi connectivity index (χ1) is 9.98. The van der Waals surface area contributed by atoms with Crippen LogP contribution in [0.3, 0.4) is 0 Å². The third-order valence-electron chi connectivity index (χ3n) is 4.46. The van der Waals surface area contributed by atoms with E-state index in [-0.39, 0.29) is 6.03 Å². The molecule has 2 rings (SSSR count). The van der Waals surface area contributed by atoms with Crippen LogP contribution in [0.4, 0.5) is 10.5 Å². The smallest absolute Gasteiger partial charge is 0.319 e. The third kappa shape index (κ3) is 5.05. The van der Waals surface area contributed by atoms with Gasteiger partial charge in [0.1, 0.15) is 0 Å². The predicted molar refractivity (Wildman–Crippen MR) is 87.1 cm³/mol. The van der Waals surface area contributed by atoms with Gasteiger partial charge in [-0.15, -0.1) is 0 Å². The second-order valence-electron chi connectivity index (χ2n) is 6.84. The fourth-order valence-electron chi connectivity index (χ4n) is 2.80. The lowest BCUT2D eigenvalue weighted by Gasteiger charge is -2.34. The van der Waals surface area contributed by atoms with Gasteiger partial charge in [-0.05, 0) is 54.7 Å². The number of anilines is 1. The summed E-state index contributed by atoms with van der Waals surface area (Å²) in [6.45, 7) is 5.94. The van der Waals surface area contributed by atoms with Crippen molar-refractivity contribution in [3.05, 3.63) is 29.8 Å². The molecule has 1 fully saturated rings. The SMILES string of the molecule is CC1(C)CCC(CNC(=O)Nc2ccc(CN)cc2)CC1. The monoisotopic (exact) mass is 289 g/mol. The lowest BCUT2D eigenvalue weighted by molar-refractivity contribution is 0.188. The average Bonchev–Trinajstić information content (AvgIpc) is 2.47. The van der Waals surface area contributed by atoms with Crippen LogP contribution in [-0.4, -0.2) is 12.6 Å². The average molecular weight is 289 g/mol. The first-order valence-electron chi connectivity index (χ1n) is 7.82. The Morgan fingerprint density at radius 2 is 1.86 bits per heavy atom. The lowest BCUT2D eigenvalue weighted by atomic mass is 9.73. The molecule has 1 aromatic rings. The Kier molecular flexibility index (Phi) is 5.23. The molecule has 0 spiro atoms. The Labute approximate surface area is 127 Å². The maximum absolute atomic E-state index is 11.9. The molecular weight excluding hydrogens is 262 g/mol. The predicted octanol–water partition coefficient (Wildman–Crippen LogP) is 3.48. The number of urea groups is 1. The maximum Gasteiger partial charge on any atom is 0.319 e. The van der Waals surface area contributed by atoms with E-state index in [1.807, 2.05) is 24.3 Å². The van der Waals surface area contributed by atoms with Crippen molar-refractivity contribution >= 4 is 11.7 Å². The summed E-state index contributed by atoms with van der Waals surface area (Å²) in [6.07, 6.45) is 4.92. The van der Waals surface area contributed by atoms with Crippen LogP contribution >= 0.6 is 0 Å². The fraction of sp³-hybridized carbons (Fsp3) is 0.588. The van der Waals surface area contributed by atoms with Gasteiger partial charge in [-0.3, -0.25) is 0 Å². The molecule has 0 heterocycles. The lowest BCUT2D eigenvalue weighted by Crippen LogP contribution is -2.35. The molecular formula is C17H27N3O. The third-order valence-corrected chi connectivity index (χ3v) is 4.46. The second-order valence-corrected chi connectivity index (χ2v) is 6.84. The first kappa shape index (κ1) is 15.8. The minimum absolute atomic E-state index is 0.125. The molecule has 0 aromatic heterocycles. The Balaban J connectivity index is 1.72. The van der Waals surface area contributed by atoms with Gasteiger partial charge >= 0.3 is 6.03 Å². The zero-order valence-corrected chi connectivity index (χ0v) is 13.1. The Hall–Kier alpha value is -1.55. The normalized spacial score (nSPS) is 18.2. The number of carbonyl (C=O) groups is 1. The summed E-state index contributed by atoms with van der Waals surface area (Å²) in [5, 5.41) is 5.84. The van der Waals surface area contributed by atoms with E-state index in [2.05, 4.69) is 24.5 Å². The van der Waals surface area contributed by atoms with Crippen LogP contribution in [0.1, 0.15) is 45.1 Å². The molecule has 1 aliphatic carbocycles. The van der Waals surface area contributed by atoms with E-state index >= 15 is 0 Å². The van der Waals surface area contributed by atoms with Crippen molar-refractivity contribution in [1.29, 1.82) is 0 Å². The summed E-state index contributed by atoms with van der Waals surface area (Å²) in [5.41, 5.74) is 7.89. The van der Waals surface area contributed by atoms with E-state index < -0.39 is 0 Å². The molecule has 4 N–H and O–H groups in total. The molecule has 0 radical (unpaired) electrons. The van der Waals surface area contributed by atoms with Crippen molar-refractivity contribution in [2.75, 3.05) is 11.9 Å². The number of hydrogen-bond donors (Lipinski definition) is 3. The largest absolute Gasteiger partial charge is 0.338 e. The van der Waals surface area contributed by atoms with Crippen LogP contribution in [0.2, 0.25) is 0 Å². The zero-order chi connectivity index (χ0) is 15.3. The van der Waals surface area contributed by atoms with E-state index in [0.717, 1.165) is 17.8 Å². The van der Waals surface area contributed by atoms with Gasteiger partial charge < -0.3 is 16.4 Å². The maximum atomic E-state index is 11.9. The van der Waals surface area contributed by atoms with Gasteiger partial charge in [0.25, 0.3) is 0 Å². The number of rotatable bonds is 4. The topological polar surface area (TPSA) is 67.2 Å². The second kappa shape index (κ2) is 6.94. The highest BCUT2D eigenvalue weighted by Gasteiger charge is 2.26. The summed E-state index contributed by atoms with van der Waals surface area (Å²) in [7, 11) is 0. The Morgan fingerprint density at radius 3 is 2.43 bits per heavy atom. The van der Waals surface area contributed by atoms with E-state index in [0.29, 0.717) is 17.9 Å². The Morgan fingerprint density at radius 1 is 1.24 bits per heavy atom. The Bertz CT molecular complexity index is 457.